The number of ether oxygens (including phenoxy) is 1. The van der Waals surface area contributed by atoms with E-state index in [1.54, 1.807) is 6.07 Å². The smallest absolute Gasteiger partial charge is 0.387 e. The van der Waals surface area contributed by atoms with Gasteiger partial charge < -0.3 is 10.1 Å². The second-order valence-corrected chi connectivity index (χ2v) is 5.38. The fraction of sp³-hybridized carbons (Fsp3) is 0.143. The number of nitrogens with one attached hydrogen (secondary N) is 1. The average molecular weight is 353 g/mol. The zero-order valence-corrected chi connectivity index (χ0v) is 12.8. The predicted molar refractivity (Wildman–Crippen MR) is 81.9 cm³/mol. The molecular formula is C14H10Cl3F2NO. The van der Waals surface area contributed by atoms with Crippen LogP contribution in [0.25, 0.3) is 0 Å². The zero-order chi connectivity index (χ0) is 15.4. The summed E-state index contributed by atoms with van der Waals surface area (Å²) in [6.07, 6.45) is 0. The minimum absolute atomic E-state index is 0.0106. The van der Waals surface area contributed by atoms with E-state index in [1.807, 2.05) is 18.2 Å². The molecule has 0 unspecified atom stereocenters. The molecule has 0 spiro atoms. The van der Waals surface area contributed by atoms with Gasteiger partial charge in [-0.05, 0) is 29.8 Å². The van der Waals surface area contributed by atoms with Crippen molar-refractivity contribution < 1.29 is 13.5 Å². The largest absolute Gasteiger partial charge is 0.432 e. The molecule has 0 aliphatic rings. The normalized spacial score (nSPS) is 10.8. The van der Waals surface area contributed by atoms with E-state index in [0.29, 0.717) is 17.3 Å². The zero-order valence-electron chi connectivity index (χ0n) is 10.5. The van der Waals surface area contributed by atoms with Gasteiger partial charge in [0.15, 0.2) is 5.75 Å². The maximum absolute atomic E-state index is 12.2. The molecule has 0 fully saturated rings. The Bertz CT molecular complexity index is 614. The molecule has 2 nitrogen and oxygen atoms in total. The number of rotatable bonds is 5. The highest BCUT2D eigenvalue weighted by Crippen LogP contribution is 2.37. The van der Waals surface area contributed by atoms with Crippen molar-refractivity contribution in [1.29, 1.82) is 0 Å². The molecule has 7 heteroatoms. The summed E-state index contributed by atoms with van der Waals surface area (Å²) in [7, 11) is 0. The van der Waals surface area contributed by atoms with Crippen LogP contribution < -0.4 is 10.1 Å². The first-order valence-corrected chi connectivity index (χ1v) is 7.01. The van der Waals surface area contributed by atoms with Crippen molar-refractivity contribution in [3.05, 3.63) is 57.0 Å². The summed E-state index contributed by atoms with van der Waals surface area (Å²) >= 11 is 17.7. The summed E-state index contributed by atoms with van der Waals surface area (Å²) in [4.78, 5) is 0. The summed E-state index contributed by atoms with van der Waals surface area (Å²) in [6.45, 7) is -2.49. The van der Waals surface area contributed by atoms with E-state index < -0.39 is 6.61 Å². The average Bonchev–Trinajstić information content (AvgIpc) is 2.40. The molecule has 0 bridgehead atoms. The quantitative estimate of drug-likeness (QED) is 0.727. The minimum Gasteiger partial charge on any atom is -0.432 e. The van der Waals surface area contributed by atoms with Crippen molar-refractivity contribution in [3.63, 3.8) is 0 Å². The van der Waals surface area contributed by atoms with E-state index >= 15 is 0 Å². The van der Waals surface area contributed by atoms with Crippen molar-refractivity contribution in [3.8, 4) is 5.75 Å². The van der Waals surface area contributed by atoms with Crippen LogP contribution in [0, 0.1) is 0 Å². The predicted octanol–water partition coefficient (Wildman–Crippen LogP) is 5.86. The Hall–Kier alpha value is -1.23. The molecule has 0 aliphatic heterocycles. The van der Waals surface area contributed by atoms with Crippen molar-refractivity contribution in [2.75, 3.05) is 5.32 Å². The molecule has 0 atom stereocenters. The van der Waals surface area contributed by atoms with E-state index in [2.05, 4.69) is 10.1 Å². The highest BCUT2D eigenvalue weighted by molar-refractivity contribution is 6.37. The molecule has 2 rings (SSSR count). The van der Waals surface area contributed by atoms with Crippen LogP contribution in [0.1, 0.15) is 5.56 Å². The third kappa shape index (κ3) is 4.63. The molecule has 21 heavy (non-hydrogen) atoms. The van der Waals surface area contributed by atoms with Gasteiger partial charge in [-0.2, -0.15) is 8.78 Å². The van der Waals surface area contributed by atoms with Crippen molar-refractivity contribution in [1.82, 2.24) is 0 Å². The lowest BCUT2D eigenvalue weighted by Gasteiger charge is -2.12. The van der Waals surface area contributed by atoms with Gasteiger partial charge in [0.1, 0.15) is 0 Å². The Labute approximate surface area is 135 Å². The van der Waals surface area contributed by atoms with Gasteiger partial charge in [-0.1, -0.05) is 46.9 Å². The first-order chi connectivity index (χ1) is 9.95. The number of hydrogen-bond acceptors (Lipinski definition) is 2. The molecule has 0 saturated heterocycles. The summed E-state index contributed by atoms with van der Waals surface area (Å²) in [5.74, 6) is -0.235. The van der Waals surface area contributed by atoms with Crippen molar-refractivity contribution >= 4 is 40.5 Å². The molecule has 0 heterocycles. The Morgan fingerprint density at radius 3 is 2.29 bits per heavy atom. The second kappa shape index (κ2) is 7.16. The molecular weight excluding hydrogens is 343 g/mol. The third-order valence-electron chi connectivity index (χ3n) is 2.59. The molecule has 2 aromatic rings. The summed E-state index contributed by atoms with van der Waals surface area (Å²) in [5, 5.41) is 3.73. The maximum Gasteiger partial charge on any atom is 0.387 e. The first kappa shape index (κ1) is 16.1. The fourth-order valence-electron chi connectivity index (χ4n) is 1.71. The Balaban J connectivity index is 2.11. The first-order valence-electron chi connectivity index (χ1n) is 5.88. The lowest BCUT2D eigenvalue weighted by Crippen LogP contribution is -2.04. The lowest BCUT2D eigenvalue weighted by molar-refractivity contribution is -0.0497. The van der Waals surface area contributed by atoms with Crippen LogP contribution in [0.2, 0.25) is 15.1 Å². The topological polar surface area (TPSA) is 21.3 Å². The van der Waals surface area contributed by atoms with Crippen LogP contribution in [0.5, 0.6) is 5.75 Å². The standard InChI is InChI=1S/C14H10Cl3F2NO/c15-9-3-1-2-8(4-9)7-20-10-5-11(16)13(12(17)6-10)21-14(18)19/h1-6,14,20H,7H2. The van der Waals surface area contributed by atoms with Gasteiger partial charge in [-0.25, -0.2) is 0 Å². The Morgan fingerprint density at radius 2 is 1.71 bits per heavy atom. The van der Waals surface area contributed by atoms with E-state index in [9.17, 15) is 8.78 Å². The highest BCUT2D eigenvalue weighted by Gasteiger charge is 2.14. The van der Waals surface area contributed by atoms with Crippen LogP contribution in [0.4, 0.5) is 14.5 Å². The molecule has 0 amide bonds. The number of anilines is 1. The van der Waals surface area contributed by atoms with Crippen LogP contribution >= 0.6 is 34.8 Å². The van der Waals surface area contributed by atoms with Crippen LogP contribution in [-0.2, 0) is 6.54 Å². The molecule has 0 radical (unpaired) electrons. The van der Waals surface area contributed by atoms with Gasteiger partial charge in [0.05, 0.1) is 10.0 Å². The third-order valence-corrected chi connectivity index (χ3v) is 3.39. The van der Waals surface area contributed by atoms with Crippen molar-refractivity contribution in [2.45, 2.75) is 13.2 Å². The molecule has 0 aliphatic carbocycles. The van der Waals surface area contributed by atoms with Gasteiger partial charge in [0.25, 0.3) is 0 Å². The number of alkyl halides is 2. The van der Waals surface area contributed by atoms with Crippen LogP contribution in [0.3, 0.4) is 0 Å². The van der Waals surface area contributed by atoms with Crippen LogP contribution in [-0.4, -0.2) is 6.61 Å². The van der Waals surface area contributed by atoms with E-state index in [0.717, 1.165) is 5.56 Å². The lowest BCUT2D eigenvalue weighted by atomic mass is 10.2. The van der Waals surface area contributed by atoms with E-state index in [-0.39, 0.29) is 15.8 Å². The fourth-order valence-corrected chi connectivity index (χ4v) is 2.50. The SMILES string of the molecule is FC(F)Oc1c(Cl)cc(NCc2cccc(Cl)c2)cc1Cl. The van der Waals surface area contributed by atoms with E-state index in [4.69, 9.17) is 34.8 Å². The molecule has 0 aromatic heterocycles. The van der Waals surface area contributed by atoms with Gasteiger partial charge in [-0.15, -0.1) is 0 Å². The summed E-state index contributed by atoms with van der Waals surface area (Å²) in [5.41, 5.74) is 1.55. The number of hydrogen-bond donors (Lipinski definition) is 1. The Kier molecular flexibility index (Phi) is 5.51. The van der Waals surface area contributed by atoms with Gasteiger partial charge in [-0.3, -0.25) is 0 Å². The van der Waals surface area contributed by atoms with Gasteiger partial charge in [0.2, 0.25) is 0 Å². The number of halogens is 5. The summed E-state index contributed by atoms with van der Waals surface area (Å²) < 4.78 is 28.7. The van der Waals surface area contributed by atoms with Crippen LogP contribution in [0.15, 0.2) is 36.4 Å². The summed E-state index contributed by atoms with van der Waals surface area (Å²) in [6, 6.07) is 10.3. The Morgan fingerprint density at radius 1 is 1.05 bits per heavy atom. The van der Waals surface area contributed by atoms with Crippen molar-refractivity contribution in [2.24, 2.45) is 0 Å². The van der Waals surface area contributed by atoms with E-state index in [1.165, 1.54) is 12.1 Å². The van der Waals surface area contributed by atoms with Gasteiger partial charge >= 0.3 is 6.61 Å². The molecule has 112 valence electrons. The highest BCUT2D eigenvalue weighted by atomic mass is 35.5. The minimum atomic E-state index is -2.98. The number of benzene rings is 2. The molecule has 1 N–H and O–H groups in total. The second-order valence-electron chi connectivity index (χ2n) is 4.13. The molecule has 0 saturated carbocycles. The molecule has 2 aromatic carbocycles. The maximum atomic E-state index is 12.2. The monoisotopic (exact) mass is 351 g/mol. The van der Waals surface area contributed by atoms with Gasteiger partial charge in [0, 0.05) is 17.3 Å².